The van der Waals surface area contributed by atoms with Gasteiger partial charge in [-0.15, -0.1) is 6.42 Å². The van der Waals surface area contributed by atoms with Crippen molar-refractivity contribution >= 4 is 10.8 Å². The van der Waals surface area contributed by atoms with E-state index in [2.05, 4.69) is 0 Å². The molecule has 0 heterocycles. The summed E-state index contributed by atoms with van der Waals surface area (Å²) in [5, 5.41) is 10.6. The Balaban J connectivity index is 2.79. The van der Waals surface area contributed by atoms with Crippen LogP contribution in [0.2, 0.25) is 0 Å². The van der Waals surface area contributed by atoms with Crippen molar-refractivity contribution in [2.45, 2.75) is 11.8 Å². The first-order valence-corrected chi connectivity index (χ1v) is 5.15. The predicted molar refractivity (Wildman–Crippen MR) is 62.7 cm³/mol. The van der Waals surface area contributed by atoms with Gasteiger partial charge in [0.15, 0.2) is 0 Å². The highest BCUT2D eigenvalue weighted by Gasteiger charge is 2.54. The van der Waals surface area contributed by atoms with Gasteiger partial charge >= 0.3 is 6.18 Å². The normalized spacial score (nSPS) is 15.1. The highest BCUT2D eigenvalue weighted by Crippen LogP contribution is 2.41. The Morgan fingerprint density at radius 1 is 1.00 bits per heavy atom. The molecule has 0 unspecified atom stereocenters. The van der Waals surface area contributed by atoms with E-state index in [1.165, 1.54) is 24.1 Å². The lowest BCUT2D eigenvalue weighted by Gasteiger charge is -2.26. The summed E-state index contributed by atoms with van der Waals surface area (Å²) in [6.07, 6.45) is -0.0285. The molecule has 92 valence electrons. The van der Waals surface area contributed by atoms with Crippen molar-refractivity contribution < 1.29 is 18.3 Å². The largest absolute Gasteiger partial charge is 0.433 e. The Bertz CT molecular complexity index is 619. The molecule has 4 heteroatoms. The van der Waals surface area contributed by atoms with Crippen LogP contribution in [0.15, 0.2) is 42.5 Å². The van der Waals surface area contributed by atoms with Gasteiger partial charge in [-0.05, 0) is 10.8 Å². The van der Waals surface area contributed by atoms with Gasteiger partial charge in [-0.25, -0.2) is 0 Å². The maximum atomic E-state index is 12.9. The van der Waals surface area contributed by atoms with Crippen LogP contribution in [0.4, 0.5) is 13.2 Å². The lowest BCUT2D eigenvalue weighted by molar-refractivity contribution is -0.240. The lowest BCUT2D eigenvalue weighted by Crippen LogP contribution is -2.41. The molecule has 2 aromatic rings. The van der Waals surface area contributed by atoms with E-state index in [1.807, 2.05) is 0 Å². The molecule has 0 saturated heterocycles. The lowest BCUT2D eigenvalue weighted by atomic mass is 9.89. The molecule has 1 atom stereocenters. The van der Waals surface area contributed by atoms with Crippen molar-refractivity contribution in [1.29, 1.82) is 0 Å². The minimum absolute atomic E-state index is 0.290. The maximum Gasteiger partial charge on any atom is 0.433 e. The van der Waals surface area contributed by atoms with Crippen molar-refractivity contribution in [1.82, 2.24) is 0 Å². The van der Waals surface area contributed by atoms with Crippen molar-refractivity contribution in [2.24, 2.45) is 0 Å². The number of hydrogen-bond donors (Lipinski definition) is 1. The molecule has 0 aliphatic heterocycles. The van der Waals surface area contributed by atoms with Crippen molar-refractivity contribution in [2.75, 3.05) is 0 Å². The number of aliphatic hydroxyl groups is 1. The third kappa shape index (κ3) is 1.73. The van der Waals surface area contributed by atoms with Crippen molar-refractivity contribution in [3.8, 4) is 12.3 Å². The first kappa shape index (κ1) is 12.5. The van der Waals surface area contributed by atoms with Crippen LogP contribution in [-0.2, 0) is 5.60 Å². The monoisotopic (exact) mass is 250 g/mol. The van der Waals surface area contributed by atoms with E-state index < -0.39 is 11.8 Å². The SMILES string of the molecule is C#C[C@](O)(c1cccc2ccccc12)C(F)(F)F. The van der Waals surface area contributed by atoms with Gasteiger partial charge in [0.1, 0.15) is 0 Å². The zero-order valence-corrected chi connectivity index (χ0v) is 9.20. The molecular formula is C14H9F3O. The Morgan fingerprint density at radius 2 is 1.61 bits per heavy atom. The van der Waals surface area contributed by atoms with Gasteiger partial charge < -0.3 is 5.11 Å². The summed E-state index contributed by atoms with van der Waals surface area (Å²) in [6.45, 7) is 0. The zero-order valence-electron chi connectivity index (χ0n) is 9.20. The van der Waals surface area contributed by atoms with Crippen LogP contribution in [0, 0.1) is 12.3 Å². The number of alkyl halides is 3. The van der Waals surface area contributed by atoms with Gasteiger partial charge in [0.25, 0.3) is 0 Å². The molecule has 0 aliphatic carbocycles. The summed E-state index contributed by atoms with van der Waals surface area (Å²) in [5.41, 5.74) is -3.59. The van der Waals surface area contributed by atoms with Gasteiger partial charge in [0, 0.05) is 5.56 Å². The molecule has 2 rings (SSSR count). The average Bonchev–Trinajstić information content (AvgIpc) is 2.35. The number of hydrogen-bond acceptors (Lipinski definition) is 1. The zero-order chi connectivity index (χ0) is 13.4. The third-order valence-corrected chi connectivity index (χ3v) is 2.80. The molecule has 0 radical (unpaired) electrons. The van der Waals surface area contributed by atoms with E-state index in [0.29, 0.717) is 5.39 Å². The van der Waals surface area contributed by atoms with E-state index in [1.54, 1.807) is 24.3 Å². The maximum absolute atomic E-state index is 12.9. The fourth-order valence-corrected chi connectivity index (χ4v) is 1.85. The molecule has 0 bridgehead atoms. The van der Waals surface area contributed by atoms with Gasteiger partial charge in [-0.1, -0.05) is 48.4 Å². The van der Waals surface area contributed by atoms with Crippen LogP contribution in [0.3, 0.4) is 0 Å². The van der Waals surface area contributed by atoms with Crippen LogP contribution >= 0.6 is 0 Å². The second kappa shape index (κ2) is 4.04. The highest BCUT2D eigenvalue weighted by molar-refractivity contribution is 5.87. The summed E-state index contributed by atoms with van der Waals surface area (Å²) in [6, 6.07) is 10.7. The first-order chi connectivity index (χ1) is 8.40. The van der Waals surface area contributed by atoms with Crippen LogP contribution in [0.1, 0.15) is 5.56 Å². The van der Waals surface area contributed by atoms with Gasteiger partial charge in [0.05, 0.1) is 0 Å². The Hall–Kier alpha value is -1.99. The standard InChI is InChI=1S/C14H9F3O/c1-2-13(18,14(15,16)17)12-9-5-7-10-6-3-4-8-11(10)12/h1,3-9,18H/t13-/m0/s1. The van der Waals surface area contributed by atoms with Gasteiger partial charge in [-0.2, -0.15) is 13.2 Å². The minimum atomic E-state index is -4.92. The third-order valence-electron chi connectivity index (χ3n) is 2.80. The quantitative estimate of drug-likeness (QED) is 0.770. The van der Waals surface area contributed by atoms with Gasteiger partial charge in [-0.3, -0.25) is 0 Å². The topological polar surface area (TPSA) is 20.2 Å². The molecule has 0 aromatic heterocycles. The number of halogens is 3. The molecule has 0 aliphatic rings. The number of benzene rings is 2. The van der Waals surface area contributed by atoms with Crippen LogP contribution in [0.5, 0.6) is 0 Å². The van der Waals surface area contributed by atoms with E-state index >= 15 is 0 Å². The fourth-order valence-electron chi connectivity index (χ4n) is 1.85. The van der Waals surface area contributed by atoms with E-state index in [-0.39, 0.29) is 10.9 Å². The molecular weight excluding hydrogens is 241 g/mol. The molecule has 0 spiro atoms. The predicted octanol–water partition coefficient (Wildman–Crippen LogP) is 3.22. The molecule has 0 fully saturated rings. The van der Waals surface area contributed by atoms with E-state index in [4.69, 9.17) is 6.42 Å². The molecule has 2 aromatic carbocycles. The number of terminal acetylenes is 1. The van der Waals surface area contributed by atoms with Gasteiger partial charge in [0.2, 0.25) is 5.60 Å². The van der Waals surface area contributed by atoms with Crippen molar-refractivity contribution in [3.05, 3.63) is 48.0 Å². The smallest absolute Gasteiger partial charge is 0.366 e. The first-order valence-electron chi connectivity index (χ1n) is 5.15. The fraction of sp³-hybridized carbons (Fsp3) is 0.143. The van der Waals surface area contributed by atoms with Crippen LogP contribution in [-0.4, -0.2) is 11.3 Å². The summed E-state index contributed by atoms with van der Waals surface area (Å²) >= 11 is 0. The van der Waals surface area contributed by atoms with Crippen molar-refractivity contribution in [3.63, 3.8) is 0 Å². The second-order valence-electron chi connectivity index (χ2n) is 3.88. The number of rotatable bonds is 1. The average molecular weight is 250 g/mol. The minimum Gasteiger partial charge on any atom is -0.366 e. The summed E-state index contributed by atoms with van der Waals surface area (Å²) in [4.78, 5) is 0. The summed E-state index contributed by atoms with van der Waals surface area (Å²) < 4.78 is 38.8. The van der Waals surface area contributed by atoms with E-state index in [9.17, 15) is 18.3 Å². The molecule has 0 amide bonds. The number of fused-ring (bicyclic) bond motifs is 1. The Morgan fingerprint density at radius 3 is 2.22 bits per heavy atom. The molecule has 1 nitrogen and oxygen atoms in total. The van der Waals surface area contributed by atoms with E-state index in [0.717, 1.165) is 0 Å². The molecule has 0 saturated carbocycles. The molecule has 1 N–H and O–H groups in total. The molecule has 18 heavy (non-hydrogen) atoms. The Kier molecular flexibility index (Phi) is 2.80. The summed E-state index contributed by atoms with van der Waals surface area (Å²) in [5.74, 6) is 1.46. The second-order valence-corrected chi connectivity index (χ2v) is 3.88. The summed E-state index contributed by atoms with van der Waals surface area (Å²) in [7, 11) is 0. The van der Waals surface area contributed by atoms with Crippen LogP contribution in [0.25, 0.3) is 10.8 Å². The van der Waals surface area contributed by atoms with Crippen LogP contribution < -0.4 is 0 Å². The highest BCUT2D eigenvalue weighted by atomic mass is 19.4. The Labute approximate surface area is 102 Å².